The molecular formula is C10H12ClNO2. The van der Waals surface area contributed by atoms with Gasteiger partial charge in [0.2, 0.25) is 0 Å². The van der Waals surface area contributed by atoms with Crippen LogP contribution in [0.1, 0.15) is 5.56 Å². The molecule has 0 spiro atoms. The van der Waals surface area contributed by atoms with Crippen molar-refractivity contribution in [1.82, 2.24) is 0 Å². The predicted molar refractivity (Wildman–Crippen MR) is 56.8 cm³/mol. The van der Waals surface area contributed by atoms with E-state index in [1.165, 1.54) is 0 Å². The second-order valence-corrected chi connectivity index (χ2v) is 3.40. The zero-order chi connectivity index (χ0) is 10.6. The second-order valence-electron chi connectivity index (χ2n) is 3.09. The molecule has 1 rings (SSSR count). The minimum atomic E-state index is -0.776. The van der Waals surface area contributed by atoms with E-state index in [9.17, 15) is 4.79 Å². The van der Waals surface area contributed by atoms with Crippen LogP contribution in [0.15, 0.2) is 24.3 Å². The Hall–Kier alpha value is -1.22. The van der Waals surface area contributed by atoms with Gasteiger partial charge in [-0.3, -0.25) is 0 Å². The van der Waals surface area contributed by atoms with E-state index in [4.69, 9.17) is 11.6 Å². The van der Waals surface area contributed by atoms with Crippen LogP contribution in [0.2, 0.25) is 0 Å². The summed E-state index contributed by atoms with van der Waals surface area (Å²) in [6, 6.07) is 7.71. The van der Waals surface area contributed by atoms with Gasteiger partial charge in [-0.2, -0.15) is 0 Å². The van der Waals surface area contributed by atoms with E-state index < -0.39 is 5.43 Å². The van der Waals surface area contributed by atoms with Gasteiger partial charge in [-0.15, -0.1) is 0 Å². The standard InChI is InChI=1S/C10H12ClNO2/c1-12(2)9-5-3-8(4-6-9)7-14-10(11)13/h3-6H,7H2,1-2H3. The Morgan fingerprint density at radius 2 is 1.93 bits per heavy atom. The van der Waals surface area contributed by atoms with Gasteiger partial charge in [0.15, 0.2) is 0 Å². The Morgan fingerprint density at radius 3 is 2.36 bits per heavy atom. The molecule has 0 saturated carbocycles. The Balaban J connectivity index is 2.59. The number of anilines is 1. The molecule has 76 valence electrons. The normalized spacial score (nSPS) is 9.64. The number of halogens is 1. The first kappa shape index (κ1) is 10.9. The van der Waals surface area contributed by atoms with Crippen LogP contribution in [0, 0.1) is 0 Å². The topological polar surface area (TPSA) is 29.5 Å². The number of hydrogen-bond acceptors (Lipinski definition) is 3. The third-order valence-corrected chi connectivity index (χ3v) is 1.91. The predicted octanol–water partition coefficient (Wildman–Crippen LogP) is 2.63. The lowest BCUT2D eigenvalue weighted by atomic mass is 10.2. The number of ether oxygens (including phenoxy) is 1. The summed E-state index contributed by atoms with van der Waals surface area (Å²) < 4.78 is 4.64. The van der Waals surface area contributed by atoms with Crippen molar-refractivity contribution >= 4 is 22.7 Å². The highest BCUT2D eigenvalue weighted by Gasteiger charge is 1.99. The molecule has 0 heterocycles. The summed E-state index contributed by atoms with van der Waals surface area (Å²) in [6.45, 7) is 0.218. The van der Waals surface area contributed by atoms with E-state index in [2.05, 4.69) is 4.74 Å². The van der Waals surface area contributed by atoms with Crippen LogP contribution in [-0.4, -0.2) is 19.5 Å². The van der Waals surface area contributed by atoms with E-state index in [-0.39, 0.29) is 6.61 Å². The number of benzene rings is 1. The fourth-order valence-electron chi connectivity index (χ4n) is 1.03. The van der Waals surface area contributed by atoms with Crippen molar-refractivity contribution in [2.45, 2.75) is 6.61 Å². The van der Waals surface area contributed by atoms with Gasteiger partial charge in [0.05, 0.1) is 0 Å². The third kappa shape index (κ3) is 3.26. The molecule has 0 radical (unpaired) electrons. The molecule has 0 atom stereocenters. The molecule has 4 heteroatoms. The fourth-order valence-corrected chi connectivity index (χ4v) is 1.08. The second kappa shape index (κ2) is 4.86. The summed E-state index contributed by atoms with van der Waals surface area (Å²) in [5, 5.41) is 0. The van der Waals surface area contributed by atoms with Crippen molar-refractivity contribution < 1.29 is 9.53 Å². The minimum absolute atomic E-state index is 0.218. The van der Waals surface area contributed by atoms with Crippen LogP contribution >= 0.6 is 11.6 Å². The summed E-state index contributed by atoms with van der Waals surface area (Å²) in [5.74, 6) is 0. The zero-order valence-corrected chi connectivity index (χ0v) is 8.91. The molecule has 0 amide bonds. The van der Waals surface area contributed by atoms with Crippen LogP contribution in [0.3, 0.4) is 0 Å². The molecule has 14 heavy (non-hydrogen) atoms. The van der Waals surface area contributed by atoms with Crippen LogP contribution < -0.4 is 4.90 Å². The molecule has 0 aliphatic rings. The monoisotopic (exact) mass is 213 g/mol. The molecule has 0 aliphatic carbocycles. The minimum Gasteiger partial charge on any atom is -0.449 e. The lowest BCUT2D eigenvalue weighted by Gasteiger charge is -2.12. The molecule has 0 aromatic heterocycles. The van der Waals surface area contributed by atoms with E-state index >= 15 is 0 Å². The molecule has 0 aliphatic heterocycles. The average molecular weight is 214 g/mol. The first-order valence-corrected chi connectivity index (χ1v) is 4.56. The summed E-state index contributed by atoms with van der Waals surface area (Å²) >= 11 is 5.04. The van der Waals surface area contributed by atoms with Gasteiger partial charge in [0.25, 0.3) is 0 Å². The van der Waals surface area contributed by atoms with Crippen LogP contribution in [0.25, 0.3) is 0 Å². The Morgan fingerprint density at radius 1 is 1.36 bits per heavy atom. The molecule has 1 aromatic rings. The highest BCUT2D eigenvalue weighted by Crippen LogP contribution is 2.12. The summed E-state index contributed by atoms with van der Waals surface area (Å²) in [6.07, 6.45) is 0. The fraction of sp³-hybridized carbons (Fsp3) is 0.300. The molecular weight excluding hydrogens is 202 g/mol. The maximum Gasteiger partial charge on any atom is 0.404 e. The average Bonchev–Trinajstić information content (AvgIpc) is 2.15. The van der Waals surface area contributed by atoms with E-state index in [0.29, 0.717) is 0 Å². The molecule has 0 bridgehead atoms. The number of rotatable bonds is 3. The van der Waals surface area contributed by atoms with Crippen LogP contribution in [0.4, 0.5) is 10.5 Å². The third-order valence-electron chi connectivity index (χ3n) is 1.81. The summed E-state index contributed by atoms with van der Waals surface area (Å²) in [5.41, 5.74) is 1.25. The first-order valence-electron chi connectivity index (χ1n) is 4.18. The van der Waals surface area contributed by atoms with Crippen LogP contribution in [0.5, 0.6) is 0 Å². The van der Waals surface area contributed by atoms with Gasteiger partial charge in [-0.05, 0) is 17.7 Å². The molecule has 0 unspecified atom stereocenters. The van der Waals surface area contributed by atoms with Gasteiger partial charge in [-0.25, -0.2) is 4.79 Å². The lowest BCUT2D eigenvalue weighted by molar-refractivity contribution is 0.167. The van der Waals surface area contributed by atoms with E-state index in [1.807, 2.05) is 43.3 Å². The molecule has 0 saturated heterocycles. The van der Waals surface area contributed by atoms with Crippen LogP contribution in [-0.2, 0) is 11.3 Å². The van der Waals surface area contributed by atoms with Gasteiger partial charge >= 0.3 is 5.43 Å². The molecule has 0 N–H and O–H groups in total. The van der Waals surface area contributed by atoms with Gasteiger partial charge in [0, 0.05) is 31.4 Å². The van der Waals surface area contributed by atoms with Crippen molar-refractivity contribution in [1.29, 1.82) is 0 Å². The molecule has 0 fully saturated rings. The Labute approximate surface area is 88.2 Å². The van der Waals surface area contributed by atoms with Crippen molar-refractivity contribution in [2.24, 2.45) is 0 Å². The summed E-state index contributed by atoms with van der Waals surface area (Å²) in [7, 11) is 3.93. The maximum absolute atomic E-state index is 10.3. The highest BCUT2D eigenvalue weighted by atomic mass is 35.5. The number of carbonyl (C=O) groups excluding carboxylic acids is 1. The smallest absolute Gasteiger partial charge is 0.404 e. The van der Waals surface area contributed by atoms with Crippen molar-refractivity contribution in [3.05, 3.63) is 29.8 Å². The van der Waals surface area contributed by atoms with Gasteiger partial charge in [-0.1, -0.05) is 12.1 Å². The molecule has 3 nitrogen and oxygen atoms in total. The van der Waals surface area contributed by atoms with Gasteiger partial charge in [0.1, 0.15) is 6.61 Å². The lowest BCUT2D eigenvalue weighted by Crippen LogP contribution is -2.08. The van der Waals surface area contributed by atoms with E-state index in [0.717, 1.165) is 11.3 Å². The largest absolute Gasteiger partial charge is 0.449 e. The van der Waals surface area contributed by atoms with Crippen molar-refractivity contribution in [2.75, 3.05) is 19.0 Å². The van der Waals surface area contributed by atoms with Gasteiger partial charge < -0.3 is 9.64 Å². The maximum atomic E-state index is 10.3. The SMILES string of the molecule is CN(C)c1ccc(COC(=O)Cl)cc1. The summed E-state index contributed by atoms with van der Waals surface area (Å²) in [4.78, 5) is 12.3. The quantitative estimate of drug-likeness (QED) is 0.723. The molecule has 1 aromatic carbocycles. The Kier molecular flexibility index (Phi) is 3.77. The first-order chi connectivity index (χ1) is 6.59. The highest BCUT2D eigenvalue weighted by molar-refractivity contribution is 6.61. The zero-order valence-electron chi connectivity index (χ0n) is 8.16. The number of nitrogens with zero attached hydrogens (tertiary/aromatic N) is 1. The van der Waals surface area contributed by atoms with E-state index in [1.54, 1.807) is 0 Å². The number of hydrogen-bond donors (Lipinski definition) is 0. The number of carbonyl (C=O) groups is 1. The Bertz CT molecular complexity index is 308. The van der Waals surface area contributed by atoms with Crippen molar-refractivity contribution in [3.8, 4) is 0 Å². The van der Waals surface area contributed by atoms with Crippen molar-refractivity contribution in [3.63, 3.8) is 0 Å².